The first-order valence-electron chi connectivity index (χ1n) is 6.24. The van der Waals surface area contributed by atoms with Crippen molar-refractivity contribution in [2.24, 2.45) is 5.14 Å². The summed E-state index contributed by atoms with van der Waals surface area (Å²) in [5, 5.41) is 4.99. The van der Waals surface area contributed by atoms with Crippen molar-refractivity contribution < 1.29 is 21.6 Å². The Hall–Kier alpha value is -1.00. The highest BCUT2D eigenvalue weighted by atomic mass is 32.2. The van der Waals surface area contributed by atoms with E-state index >= 15 is 0 Å². The van der Waals surface area contributed by atoms with Gasteiger partial charge in [-0.15, -0.1) is 0 Å². The topological polar surface area (TPSA) is 107 Å². The second-order valence-electron chi connectivity index (χ2n) is 4.72. The van der Waals surface area contributed by atoms with Crippen LogP contribution >= 0.6 is 0 Å². The van der Waals surface area contributed by atoms with Crippen molar-refractivity contribution in [1.82, 2.24) is 4.31 Å². The highest BCUT2D eigenvalue weighted by Crippen LogP contribution is 2.19. The number of methoxy groups -OCH3 is 1. The van der Waals surface area contributed by atoms with E-state index in [1.54, 1.807) is 13.8 Å². The zero-order valence-corrected chi connectivity index (χ0v) is 13.8. The lowest BCUT2D eigenvalue weighted by Gasteiger charge is -2.25. The molecule has 0 aliphatic carbocycles. The second kappa shape index (κ2) is 6.84. The fourth-order valence-electron chi connectivity index (χ4n) is 1.77. The molecule has 9 heteroatoms. The van der Waals surface area contributed by atoms with Gasteiger partial charge in [-0.1, -0.05) is 0 Å². The van der Waals surface area contributed by atoms with Crippen LogP contribution < -0.4 is 5.14 Å². The maximum atomic E-state index is 12.5. The van der Waals surface area contributed by atoms with Crippen molar-refractivity contribution in [2.45, 2.75) is 29.7 Å². The first-order valence-corrected chi connectivity index (χ1v) is 9.23. The first kappa shape index (κ1) is 18.1. The maximum Gasteiger partial charge on any atom is 0.243 e. The molecule has 0 aromatic heterocycles. The standard InChI is InChI=1S/C12H20N2O5S2/c1-10(2)14(8-9-19-3)21(17,18)12-6-4-11(5-7-12)20(13,15)16/h4-7,10H,8-9H2,1-3H3,(H2,13,15,16). The van der Waals surface area contributed by atoms with Crippen LogP contribution in [0.2, 0.25) is 0 Å². The molecule has 1 aromatic carbocycles. The number of benzene rings is 1. The molecule has 0 radical (unpaired) electrons. The normalized spacial score (nSPS) is 13.0. The quantitative estimate of drug-likeness (QED) is 0.774. The number of nitrogens with two attached hydrogens (primary N) is 1. The molecule has 1 aromatic rings. The van der Waals surface area contributed by atoms with Gasteiger partial charge < -0.3 is 4.74 Å². The Kier molecular flexibility index (Phi) is 5.88. The Balaban J connectivity index is 3.16. The Morgan fingerprint density at radius 2 is 1.57 bits per heavy atom. The van der Waals surface area contributed by atoms with Gasteiger partial charge in [-0.3, -0.25) is 0 Å². The van der Waals surface area contributed by atoms with Crippen LogP contribution in [0.25, 0.3) is 0 Å². The number of rotatable bonds is 7. The van der Waals surface area contributed by atoms with Crippen LogP contribution in [0, 0.1) is 0 Å². The molecule has 120 valence electrons. The molecule has 0 atom stereocenters. The van der Waals surface area contributed by atoms with Crippen LogP contribution in [-0.4, -0.2) is 47.4 Å². The third-order valence-corrected chi connectivity index (χ3v) is 5.87. The molecule has 0 spiro atoms. The first-order chi connectivity index (χ1) is 9.60. The van der Waals surface area contributed by atoms with Gasteiger partial charge in [0.15, 0.2) is 0 Å². The Bertz CT molecular complexity index is 666. The van der Waals surface area contributed by atoms with Gasteiger partial charge in [-0.05, 0) is 38.1 Å². The molecule has 0 aliphatic heterocycles. The summed E-state index contributed by atoms with van der Waals surface area (Å²) in [4.78, 5) is -0.117. The summed E-state index contributed by atoms with van der Waals surface area (Å²) in [6.45, 7) is 4.00. The summed E-state index contributed by atoms with van der Waals surface area (Å²) >= 11 is 0. The number of ether oxygens (including phenoxy) is 1. The van der Waals surface area contributed by atoms with Gasteiger partial charge in [-0.2, -0.15) is 4.31 Å². The number of primary sulfonamides is 1. The molecular formula is C12H20N2O5S2. The predicted molar refractivity (Wildman–Crippen MR) is 78.7 cm³/mol. The van der Waals surface area contributed by atoms with Crippen molar-refractivity contribution in [3.8, 4) is 0 Å². The van der Waals surface area contributed by atoms with Gasteiger partial charge in [-0.25, -0.2) is 22.0 Å². The van der Waals surface area contributed by atoms with E-state index in [0.29, 0.717) is 0 Å². The lowest BCUT2D eigenvalue weighted by Crippen LogP contribution is -2.39. The third-order valence-electron chi connectivity index (χ3n) is 2.85. The Labute approximate surface area is 125 Å². The van der Waals surface area contributed by atoms with Crippen LogP contribution in [0.3, 0.4) is 0 Å². The molecule has 2 N–H and O–H groups in total. The smallest absolute Gasteiger partial charge is 0.243 e. The molecular weight excluding hydrogens is 316 g/mol. The van der Waals surface area contributed by atoms with Crippen molar-refractivity contribution in [3.63, 3.8) is 0 Å². The molecule has 1 rings (SSSR count). The van der Waals surface area contributed by atoms with Crippen LogP contribution in [-0.2, 0) is 24.8 Å². The number of hydrogen-bond acceptors (Lipinski definition) is 5. The molecule has 0 saturated heterocycles. The average Bonchev–Trinajstić information content (AvgIpc) is 2.37. The molecule has 0 unspecified atom stereocenters. The lowest BCUT2D eigenvalue weighted by atomic mass is 10.4. The van der Waals surface area contributed by atoms with E-state index in [2.05, 4.69) is 0 Å². The van der Waals surface area contributed by atoms with Crippen molar-refractivity contribution in [3.05, 3.63) is 24.3 Å². The van der Waals surface area contributed by atoms with E-state index in [9.17, 15) is 16.8 Å². The molecule has 0 aliphatic rings. The van der Waals surface area contributed by atoms with Crippen molar-refractivity contribution in [1.29, 1.82) is 0 Å². The van der Waals surface area contributed by atoms with E-state index in [0.717, 1.165) is 0 Å². The van der Waals surface area contributed by atoms with E-state index in [1.165, 1.54) is 35.7 Å². The predicted octanol–water partition coefficient (Wildman–Crippen LogP) is 0.380. The largest absolute Gasteiger partial charge is 0.383 e. The van der Waals surface area contributed by atoms with Crippen LogP contribution in [0.5, 0.6) is 0 Å². The molecule has 0 fully saturated rings. The van der Waals surface area contributed by atoms with E-state index < -0.39 is 20.0 Å². The molecule has 0 saturated carbocycles. The molecule has 0 bridgehead atoms. The van der Waals surface area contributed by atoms with Gasteiger partial charge in [0.2, 0.25) is 20.0 Å². The van der Waals surface area contributed by atoms with E-state index in [-0.39, 0.29) is 29.0 Å². The number of sulfonamides is 2. The SMILES string of the molecule is COCCN(C(C)C)S(=O)(=O)c1ccc(S(N)(=O)=O)cc1. The van der Waals surface area contributed by atoms with Crippen LogP contribution in [0.15, 0.2) is 34.1 Å². The second-order valence-corrected chi connectivity index (χ2v) is 8.17. The monoisotopic (exact) mass is 336 g/mol. The Morgan fingerprint density at radius 1 is 1.10 bits per heavy atom. The van der Waals surface area contributed by atoms with Crippen molar-refractivity contribution in [2.75, 3.05) is 20.3 Å². The lowest BCUT2D eigenvalue weighted by molar-refractivity contribution is 0.171. The summed E-state index contributed by atoms with van der Waals surface area (Å²) in [5.41, 5.74) is 0. The van der Waals surface area contributed by atoms with Gasteiger partial charge in [0.25, 0.3) is 0 Å². The van der Waals surface area contributed by atoms with Crippen molar-refractivity contribution >= 4 is 20.0 Å². The zero-order valence-electron chi connectivity index (χ0n) is 12.2. The number of hydrogen-bond donors (Lipinski definition) is 1. The minimum Gasteiger partial charge on any atom is -0.383 e. The van der Waals surface area contributed by atoms with Gasteiger partial charge in [0.05, 0.1) is 16.4 Å². The summed E-state index contributed by atoms with van der Waals surface area (Å²) in [6, 6.07) is 4.57. The highest BCUT2D eigenvalue weighted by Gasteiger charge is 2.26. The van der Waals surface area contributed by atoms with E-state index in [4.69, 9.17) is 9.88 Å². The molecule has 0 heterocycles. The Morgan fingerprint density at radius 3 is 1.95 bits per heavy atom. The average molecular weight is 336 g/mol. The summed E-state index contributed by atoms with van der Waals surface area (Å²) < 4.78 is 53.6. The fraction of sp³-hybridized carbons (Fsp3) is 0.500. The molecule has 7 nitrogen and oxygen atoms in total. The minimum absolute atomic E-state index is 0.0136. The summed E-state index contributed by atoms with van der Waals surface area (Å²) in [5.74, 6) is 0. The van der Waals surface area contributed by atoms with Crippen LogP contribution in [0.4, 0.5) is 0 Å². The summed E-state index contributed by atoms with van der Waals surface area (Å²) in [7, 11) is -6.07. The molecule has 21 heavy (non-hydrogen) atoms. The number of nitrogens with zero attached hydrogens (tertiary/aromatic N) is 1. The van der Waals surface area contributed by atoms with Crippen LogP contribution in [0.1, 0.15) is 13.8 Å². The van der Waals surface area contributed by atoms with Gasteiger partial charge in [0, 0.05) is 19.7 Å². The van der Waals surface area contributed by atoms with Gasteiger partial charge in [0.1, 0.15) is 0 Å². The highest BCUT2D eigenvalue weighted by molar-refractivity contribution is 7.89. The minimum atomic E-state index is -3.84. The zero-order chi connectivity index (χ0) is 16.3. The third kappa shape index (κ3) is 4.48. The van der Waals surface area contributed by atoms with E-state index in [1.807, 2.05) is 0 Å². The molecule has 0 amide bonds. The summed E-state index contributed by atoms with van der Waals surface area (Å²) in [6.07, 6.45) is 0. The van der Waals surface area contributed by atoms with Gasteiger partial charge >= 0.3 is 0 Å². The fourth-order valence-corrected chi connectivity index (χ4v) is 3.91. The maximum absolute atomic E-state index is 12.5.